The predicted octanol–water partition coefficient (Wildman–Crippen LogP) is 0.607. The summed E-state index contributed by atoms with van der Waals surface area (Å²) >= 11 is 0. The van der Waals surface area contributed by atoms with Gasteiger partial charge in [-0.3, -0.25) is 0 Å². The number of nitrogens with one attached hydrogen (secondary N) is 1. The van der Waals surface area contributed by atoms with Crippen molar-refractivity contribution in [3.05, 3.63) is 17.0 Å². The molecule has 1 aliphatic heterocycles. The van der Waals surface area contributed by atoms with Crippen molar-refractivity contribution in [1.82, 2.24) is 15.3 Å². The average Bonchev–Trinajstić information content (AvgIpc) is 2.61. The minimum absolute atomic E-state index is 0.0568. The lowest BCUT2D eigenvalue weighted by Crippen LogP contribution is -2.11. The first kappa shape index (κ1) is 11.5. The lowest BCUT2D eigenvalue weighted by molar-refractivity contribution is 0.589. The summed E-state index contributed by atoms with van der Waals surface area (Å²) in [5.74, 6) is 0.206. The standard InChI is InChI=1S/C10H15N3O2S/c1-6(2)9-7-4-11-5-8(7)12-10(13-9)16(3,14)15/h6,11H,4-5H2,1-3H3. The van der Waals surface area contributed by atoms with Crippen LogP contribution in [-0.4, -0.2) is 24.6 Å². The van der Waals surface area contributed by atoms with Gasteiger partial charge in [0.1, 0.15) is 0 Å². The third-order valence-corrected chi connectivity index (χ3v) is 3.42. The minimum atomic E-state index is -3.33. The number of rotatable bonds is 2. The van der Waals surface area contributed by atoms with Crippen molar-refractivity contribution < 1.29 is 8.42 Å². The van der Waals surface area contributed by atoms with Gasteiger partial charge in [-0.05, 0) is 5.92 Å². The summed E-state index contributed by atoms with van der Waals surface area (Å²) in [6.45, 7) is 5.37. The molecule has 0 bridgehead atoms. The van der Waals surface area contributed by atoms with Crippen molar-refractivity contribution in [2.75, 3.05) is 6.26 Å². The van der Waals surface area contributed by atoms with Gasteiger partial charge in [-0.2, -0.15) is 0 Å². The van der Waals surface area contributed by atoms with Gasteiger partial charge in [0.25, 0.3) is 0 Å². The SMILES string of the molecule is CC(C)c1nc(S(C)(=O)=O)nc2c1CNC2. The van der Waals surface area contributed by atoms with E-state index in [0.29, 0.717) is 6.54 Å². The molecule has 16 heavy (non-hydrogen) atoms. The molecular formula is C10H15N3O2S. The summed E-state index contributed by atoms with van der Waals surface area (Å²) in [6.07, 6.45) is 1.14. The van der Waals surface area contributed by atoms with Crippen molar-refractivity contribution in [3.8, 4) is 0 Å². The Balaban J connectivity index is 2.66. The molecule has 0 amide bonds. The monoisotopic (exact) mass is 241 g/mol. The molecule has 0 spiro atoms. The van der Waals surface area contributed by atoms with Crippen LogP contribution in [0.2, 0.25) is 0 Å². The van der Waals surface area contributed by atoms with Gasteiger partial charge >= 0.3 is 0 Å². The smallest absolute Gasteiger partial charge is 0.247 e. The quantitative estimate of drug-likeness (QED) is 0.768. The fourth-order valence-electron chi connectivity index (χ4n) is 1.81. The van der Waals surface area contributed by atoms with Crippen LogP contribution in [0, 0.1) is 0 Å². The Bertz CT molecular complexity index is 523. The van der Waals surface area contributed by atoms with E-state index in [2.05, 4.69) is 15.3 Å². The summed E-state index contributed by atoms with van der Waals surface area (Å²) in [4.78, 5) is 8.28. The van der Waals surface area contributed by atoms with Gasteiger partial charge in [-0.1, -0.05) is 13.8 Å². The third kappa shape index (κ3) is 1.94. The van der Waals surface area contributed by atoms with Crippen molar-refractivity contribution in [2.24, 2.45) is 0 Å². The van der Waals surface area contributed by atoms with Gasteiger partial charge in [0.05, 0.1) is 11.4 Å². The summed E-state index contributed by atoms with van der Waals surface area (Å²) in [7, 11) is -3.33. The second-order valence-corrected chi connectivity index (χ2v) is 6.26. The highest BCUT2D eigenvalue weighted by Gasteiger charge is 2.23. The van der Waals surface area contributed by atoms with E-state index in [1.54, 1.807) is 0 Å². The molecule has 0 unspecified atom stereocenters. The van der Waals surface area contributed by atoms with Crippen LogP contribution in [0.5, 0.6) is 0 Å². The predicted molar refractivity (Wildman–Crippen MR) is 59.8 cm³/mol. The lowest BCUT2D eigenvalue weighted by Gasteiger charge is -2.11. The Kier molecular flexibility index (Phi) is 2.71. The van der Waals surface area contributed by atoms with Crippen molar-refractivity contribution >= 4 is 9.84 Å². The molecule has 5 nitrogen and oxygen atoms in total. The largest absolute Gasteiger partial charge is 0.307 e. The van der Waals surface area contributed by atoms with Crippen LogP contribution in [0.15, 0.2) is 5.16 Å². The van der Waals surface area contributed by atoms with Crippen LogP contribution >= 0.6 is 0 Å². The molecule has 1 N–H and O–H groups in total. The van der Waals surface area contributed by atoms with Gasteiger partial charge in [0.15, 0.2) is 0 Å². The van der Waals surface area contributed by atoms with E-state index in [0.717, 1.165) is 29.8 Å². The molecule has 1 aliphatic rings. The fraction of sp³-hybridized carbons (Fsp3) is 0.600. The number of sulfone groups is 1. The van der Waals surface area contributed by atoms with Gasteiger partial charge < -0.3 is 5.32 Å². The zero-order chi connectivity index (χ0) is 11.9. The summed E-state index contributed by atoms with van der Waals surface area (Å²) in [5, 5.41) is 3.11. The number of hydrogen-bond donors (Lipinski definition) is 1. The Hall–Kier alpha value is -1.01. The topological polar surface area (TPSA) is 72.0 Å². The maximum Gasteiger partial charge on any atom is 0.247 e. The molecule has 88 valence electrons. The van der Waals surface area contributed by atoms with Gasteiger partial charge in [-0.25, -0.2) is 18.4 Å². The molecule has 0 saturated carbocycles. The number of nitrogens with zero attached hydrogens (tertiary/aromatic N) is 2. The Labute approximate surface area is 95.2 Å². The molecule has 2 heterocycles. The van der Waals surface area contributed by atoms with Crippen LogP contribution in [0.3, 0.4) is 0 Å². The van der Waals surface area contributed by atoms with E-state index in [1.165, 1.54) is 0 Å². The Morgan fingerprint density at radius 2 is 1.94 bits per heavy atom. The Morgan fingerprint density at radius 3 is 2.50 bits per heavy atom. The van der Waals surface area contributed by atoms with E-state index in [4.69, 9.17) is 0 Å². The average molecular weight is 241 g/mol. The molecule has 1 aromatic rings. The molecule has 2 rings (SSSR count). The number of hydrogen-bond acceptors (Lipinski definition) is 5. The second-order valence-electron chi connectivity index (χ2n) is 4.35. The molecule has 6 heteroatoms. The van der Waals surface area contributed by atoms with Crippen LogP contribution in [-0.2, 0) is 22.9 Å². The van der Waals surface area contributed by atoms with Crippen molar-refractivity contribution in [1.29, 1.82) is 0 Å². The first-order chi connectivity index (χ1) is 7.39. The zero-order valence-electron chi connectivity index (χ0n) is 9.61. The first-order valence-corrected chi connectivity index (χ1v) is 7.09. The minimum Gasteiger partial charge on any atom is -0.307 e. The summed E-state index contributed by atoms with van der Waals surface area (Å²) in [6, 6.07) is 0. The lowest BCUT2D eigenvalue weighted by atomic mass is 10.0. The van der Waals surface area contributed by atoms with Crippen molar-refractivity contribution in [2.45, 2.75) is 38.0 Å². The molecule has 0 atom stereocenters. The molecule has 1 aromatic heterocycles. The molecule has 0 aromatic carbocycles. The van der Waals surface area contributed by atoms with Gasteiger partial charge in [0.2, 0.25) is 15.0 Å². The zero-order valence-corrected chi connectivity index (χ0v) is 10.4. The fourth-order valence-corrected chi connectivity index (χ4v) is 2.35. The summed E-state index contributed by atoms with van der Waals surface area (Å²) in [5.41, 5.74) is 2.72. The van der Waals surface area contributed by atoms with E-state index in [9.17, 15) is 8.42 Å². The highest BCUT2D eigenvalue weighted by Crippen LogP contribution is 2.24. The molecule has 0 fully saturated rings. The normalized spacial score (nSPS) is 15.5. The highest BCUT2D eigenvalue weighted by molar-refractivity contribution is 7.90. The van der Waals surface area contributed by atoms with Crippen LogP contribution in [0.25, 0.3) is 0 Å². The third-order valence-electron chi connectivity index (χ3n) is 2.58. The maximum atomic E-state index is 11.5. The number of fused-ring (bicyclic) bond motifs is 1. The van der Waals surface area contributed by atoms with Gasteiger partial charge in [0, 0.05) is 24.9 Å². The molecule has 0 radical (unpaired) electrons. The van der Waals surface area contributed by atoms with Gasteiger partial charge in [-0.15, -0.1) is 0 Å². The molecule has 0 saturated heterocycles. The molecular weight excluding hydrogens is 226 g/mol. The van der Waals surface area contributed by atoms with E-state index in [1.807, 2.05) is 13.8 Å². The molecule has 0 aliphatic carbocycles. The van der Waals surface area contributed by atoms with Crippen LogP contribution in [0.4, 0.5) is 0 Å². The van der Waals surface area contributed by atoms with Crippen LogP contribution < -0.4 is 5.32 Å². The van der Waals surface area contributed by atoms with Crippen molar-refractivity contribution in [3.63, 3.8) is 0 Å². The Morgan fingerprint density at radius 1 is 1.25 bits per heavy atom. The second kappa shape index (κ2) is 3.78. The summed E-state index contributed by atoms with van der Waals surface area (Å²) < 4.78 is 22.9. The van der Waals surface area contributed by atoms with E-state index >= 15 is 0 Å². The van der Waals surface area contributed by atoms with E-state index in [-0.39, 0.29) is 11.1 Å². The van der Waals surface area contributed by atoms with Crippen LogP contribution in [0.1, 0.15) is 36.7 Å². The maximum absolute atomic E-state index is 11.5. The number of aromatic nitrogens is 2. The first-order valence-electron chi connectivity index (χ1n) is 5.20. The van der Waals surface area contributed by atoms with E-state index < -0.39 is 9.84 Å². The highest BCUT2D eigenvalue weighted by atomic mass is 32.2.